The molecule has 0 bridgehead atoms. The van der Waals surface area contributed by atoms with Gasteiger partial charge < -0.3 is 19.8 Å². The van der Waals surface area contributed by atoms with Crippen molar-refractivity contribution >= 4 is 11.9 Å². The van der Waals surface area contributed by atoms with E-state index in [0.29, 0.717) is 0 Å². The first-order chi connectivity index (χ1) is 4.54. The molecule has 0 saturated carbocycles. The lowest BCUT2D eigenvalue weighted by Gasteiger charge is -2.11. The van der Waals surface area contributed by atoms with Crippen molar-refractivity contribution in [3.8, 4) is 0 Å². The third-order valence-electron chi connectivity index (χ3n) is 1.18. The van der Waals surface area contributed by atoms with Gasteiger partial charge in [-0.3, -0.25) is 0 Å². The first kappa shape index (κ1) is 8.94. The van der Waals surface area contributed by atoms with Crippen molar-refractivity contribution in [2.24, 2.45) is 5.92 Å². The van der Waals surface area contributed by atoms with Gasteiger partial charge in [0.2, 0.25) is 0 Å². The lowest BCUT2D eigenvalue weighted by Crippen LogP contribution is -2.31. The van der Waals surface area contributed by atoms with Gasteiger partial charge in [-0.2, -0.15) is 0 Å². The molecule has 4 nitrogen and oxygen atoms in total. The molecule has 0 N–H and O–H groups in total. The van der Waals surface area contributed by atoms with Crippen LogP contribution in [0.4, 0.5) is 0 Å². The normalized spacial score (nSPS) is 12.5. The van der Waals surface area contributed by atoms with Crippen LogP contribution in [0.5, 0.6) is 0 Å². The van der Waals surface area contributed by atoms with Gasteiger partial charge in [0.15, 0.2) is 0 Å². The summed E-state index contributed by atoms with van der Waals surface area (Å²) in [6.07, 6.45) is -0.153. The molecule has 0 saturated heterocycles. The summed E-state index contributed by atoms with van der Waals surface area (Å²) >= 11 is 0. The summed E-state index contributed by atoms with van der Waals surface area (Å²) in [5, 5.41) is 19.8. The number of carbonyl (C=O) groups excluding carboxylic acids is 2. The van der Waals surface area contributed by atoms with E-state index in [1.807, 2.05) is 0 Å². The molecule has 58 valence electrons. The highest BCUT2D eigenvalue weighted by Gasteiger charge is 2.01. The van der Waals surface area contributed by atoms with Gasteiger partial charge in [-0.25, -0.2) is 0 Å². The summed E-state index contributed by atoms with van der Waals surface area (Å²) in [7, 11) is 0. The Kier molecular flexibility index (Phi) is 3.46. The maximum absolute atomic E-state index is 9.99. The number of hydrogen-bond donors (Lipinski definition) is 0. The minimum atomic E-state index is -1.23. The largest absolute Gasteiger partial charge is 0.550 e. The molecule has 0 radical (unpaired) electrons. The molecular formula is C6H8O4-2. The molecule has 0 rings (SSSR count). The lowest BCUT2D eigenvalue weighted by atomic mass is 10.1. The Hall–Kier alpha value is -1.06. The third kappa shape index (κ3) is 3.88. The Morgan fingerprint density at radius 1 is 1.40 bits per heavy atom. The molecule has 0 aliphatic heterocycles. The summed E-state index contributed by atoms with van der Waals surface area (Å²) < 4.78 is 0. The number of hydrogen-bond acceptors (Lipinski definition) is 4. The van der Waals surface area contributed by atoms with Crippen LogP contribution < -0.4 is 10.2 Å². The molecule has 0 aliphatic rings. The molecule has 0 aromatic carbocycles. The first-order valence-corrected chi connectivity index (χ1v) is 2.94. The molecule has 0 aromatic rings. The number of carboxylic acid groups (broad SMARTS) is 2. The van der Waals surface area contributed by atoms with Gasteiger partial charge in [0.1, 0.15) is 0 Å². The molecule has 10 heavy (non-hydrogen) atoms. The number of carbonyl (C=O) groups is 2. The van der Waals surface area contributed by atoms with Crippen LogP contribution in [0.3, 0.4) is 0 Å². The summed E-state index contributed by atoms with van der Waals surface area (Å²) in [5.74, 6) is -3.16. The molecule has 0 spiro atoms. The fourth-order valence-electron chi connectivity index (χ4n) is 0.452. The van der Waals surface area contributed by atoms with Gasteiger partial charge in [-0.05, 0) is 18.8 Å². The molecule has 0 amide bonds. The zero-order valence-electron chi connectivity index (χ0n) is 5.62. The quantitative estimate of drug-likeness (QED) is 0.452. The van der Waals surface area contributed by atoms with Gasteiger partial charge in [0.25, 0.3) is 0 Å². The van der Waals surface area contributed by atoms with Gasteiger partial charge in [0.05, 0.1) is 0 Å². The molecular weight excluding hydrogens is 136 g/mol. The topological polar surface area (TPSA) is 80.3 Å². The summed E-state index contributed by atoms with van der Waals surface area (Å²) in [6.45, 7) is 1.40. The monoisotopic (exact) mass is 144 g/mol. The summed E-state index contributed by atoms with van der Waals surface area (Å²) in [4.78, 5) is 19.8. The smallest absolute Gasteiger partial charge is 0.0442 e. The Morgan fingerprint density at radius 3 is 2.20 bits per heavy atom. The van der Waals surface area contributed by atoms with Crippen molar-refractivity contribution in [1.29, 1.82) is 0 Å². The summed E-state index contributed by atoms with van der Waals surface area (Å²) in [6, 6.07) is 0. The van der Waals surface area contributed by atoms with Crippen LogP contribution in [0.15, 0.2) is 0 Å². The van der Waals surface area contributed by atoms with E-state index in [1.165, 1.54) is 6.92 Å². The second-order valence-corrected chi connectivity index (χ2v) is 2.13. The van der Waals surface area contributed by atoms with Gasteiger partial charge in [-0.1, -0.05) is 6.92 Å². The Bertz CT molecular complexity index is 141. The second-order valence-electron chi connectivity index (χ2n) is 2.13. The Labute approximate surface area is 58.5 Å². The van der Waals surface area contributed by atoms with Crippen LogP contribution >= 0.6 is 0 Å². The van der Waals surface area contributed by atoms with Crippen LogP contribution in [0.1, 0.15) is 19.8 Å². The molecule has 1 atom stereocenters. The second kappa shape index (κ2) is 3.87. The number of carboxylic acids is 2. The minimum Gasteiger partial charge on any atom is -0.550 e. The van der Waals surface area contributed by atoms with Crippen LogP contribution in [0, 0.1) is 5.92 Å². The lowest BCUT2D eigenvalue weighted by molar-refractivity contribution is -0.312. The average molecular weight is 144 g/mol. The van der Waals surface area contributed by atoms with E-state index in [-0.39, 0.29) is 12.8 Å². The highest BCUT2D eigenvalue weighted by atomic mass is 16.4. The third-order valence-corrected chi connectivity index (χ3v) is 1.18. The molecule has 0 unspecified atom stereocenters. The highest BCUT2D eigenvalue weighted by molar-refractivity contribution is 5.69. The van der Waals surface area contributed by atoms with Crippen molar-refractivity contribution in [3.63, 3.8) is 0 Å². The molecule has 4 heteroatoms. The predicted octanol–water partition coefficient (Wildman–Crippen LogP) is -2.10. The van der Waals surface area contributed by atoms with E-state index >= 15 is 0 Å². The minimum absolute atomic E-state index is 0.0741. The number of rotatable bonds is 4. The molecule has 0 aliphatic carbocycles. The number of aliphatic carboxylic acids is 2. The Morgan fingerprint density at radius 2 is 1.90 bits per heavy atom. The van der Waals surface area contributed by atoms with Crippen molar-refractivity contribution in [2.75, 3.05) is 0 Å². The zero-order valence-corrected chi connectivity index (χ0v) is 5.62. The predicted molar refractivity (Wildman–Crippen MR) is 28.4 cm³/mol. The molecule has 0 fully saturated rings. The van der Waals surface area contributed by atoms with Crippen LogP contribution in [-0.2, 0) is 9.59 Å². The van der Waals surface area contributed by atoms with E-state index in [2.05, 4.69) is 0 Å². The van der Waals surface area contributed by atoms with Gasteiger partial charge in [-0.15, -0.1) is 0 Å². The SMILES string of the molecule is C[C@@H](CCC(=O)[O-])C(=O)[O-]. The van der Waals surface area contributed by atoms with Crippen LogP contribution in [0.2, 0.25) is 0 Å². The fraction of sp³-hybridized carbons (Fsp3) is 0.667. The van der Waals surface area contributed by atoms with E-state index < -0.39 is 17.9 Å². The Balaban J connectivity index is 3.49. The maximum Gasteiger partial charge on any atom is 0.0442 e. The van der Waals surface area contributed by atoms with Gasteiger partial charge >= 0.3 is 0 Å². The molecule has 0 aromatic heterocycles. The average Bonchev–Trinajstić information content (AvgIpc) is 1.82. The van der Waals surface area contributed by atoms with Crippen LogP contribution in [0.25, 0.3) is 0 Å². The van der Waals surface area contributed by atoms with Gasteiger partial charge in [0, 0.05) is 11.9 Å². The first-order valence-electron chi connectivity index (χ1n) is 2.94. The van der Waals surface area contributed by atoms with Crippen molar-refractivity contribution in [3.05, 3.63) is 0 Å². The standard InChI is InChI=1S/C6H10O4/c1-4(6(9)10)2-3-5(7)8/h4H,2-3H2,1H3,(H,7,8)(H,9,10)/p-2/t4-/m0/s1. The van der Waals surface area contributed by atoms with E-state index in [1.54, 1.807) is 0 Å². The summed E-state index contributed by atoms with van der Waals surface area (Å²) in [5.41, 5.74) is 0. The van der Waals surface area contributed by atoms with Crippen LogP contribution in [-0.4, -0.2) is 11.9 Å². The molecule has 0 heterocycles. The highest BCUT2D eigenvalue weighted by Crippen LogP contribution is 2.02. The zero-order chi connectivity index (χ0) is 8.15. The van der Waals surface area contributed by atoms with E-state index in [4.69, 9.17) is 0 Å². The van der Waals surface area contributed by atoms with E-state index in [9.17, 15) is 19.8 Å². The van der Waals surface area contributed by atoms with Crippen molar-refractivity contribution < 1.29 is 19.8 Å². The van der Waals surface area contributed by atoms with Crippen molar-refractivity contribution in [1.82, 2.24) is 0 Å². The van der Waals surface area contributed by atoms with Crippen molar-refractivity contribution in [2.45, 2.75) is 19.8 Å². The fourth-order valence-corrected chi connectivity index (χ4v) is 0.452. The maximum atomic E-state index is 9.99. The van der Waals surface area contributed by atoms with E-state index in [0.717, 1.165) is 0 Å².